The monoisotopic (exact) mass is 233 g/mol. The van der Waals surface area contributed by atoms with Gasteiger partial charge in [-0.15, -0.1) is 0 Å². The zero-order valence-corrected chi connectivity index (χ0v) is 9.45. The van der Waals surface area contributed by atoms with E-state index in [4.69, 9.17) is 4.74 Å². The van der Waals surface area contributed by atoms with E-state index in [-0.39, 0.29) is 5.69 Å². The van der Waals surface area contributed by atoms with Gasteiger partial charge in [-0.2, -0.15) is 5.10 Å². The van der Waals surface area contributed by atoms with Crippen LogP contribution in [-0.4, -0.2) is 21.8 Å². The first-order valence-corrected chi connectivity index (χ1v) is 4.94. The van der Waals surface area contributed by atoms with Crippen molar-refractivity contribution in [3.05, 3.63) is 40.6 Å². The van der Waals surface area contributed by atoms with Crippen molar-refractivity contribution < 1.29 is 9.66 Å². The third-order valence-corrected chi connectivity index (χ3v) is 2.49. The molecule has 0 radical (unpaired) electrons. The van der Waals surface area contributed by atoms with Crippen molar-refractivity contribution in [2.75, 3.05) is 7.11 Å². The van der Waals surface area contributed by atoms with E-state index in [0.717, 1.165) is 11.3 Å². The van der Waals surface area contributed by atoms with Crippen LogP contribution in [0.1, 0.15) is 0 Å². The minimum absolute atomic E-state index is 0.00719. The zero-order chi connectivity index (χ0) is 12.4. The number of methoxy groups -OCH3 is 1. The number of aromatic nitrogens is 2. The molecule has 6 heteroatoms. The van der Waals surface area contributed by atoms with Crippen LogP contribution in [0, 0.1) is 10.1 Å². The van der Waals surface area contributed by atoms with E-state index < -0.39 is 4.92 Å². The molecule has 0 unspecified atom stereocenters. The highest BCUT2D eigenvalue weighted by Gasteiger charge is 2.14. The van der Waals surface area contributed by atoms with Gasteiger partial charge in [0.25, 0.3) is 5.69 Å². The summed E-state index contributed by atoms with van der Waals surface area (Å²) in [5.41, 5.74) is 1.63. The predicted octanol–water partition coefficient (Wildman–Crippen LogP) is 2.00. The van der Waals surface area contributed by atoms with Crippen molar-refractivity contribution in [2.45, 2.75) is 0 Å². The molecule has 17 heavy (non-hydrogen) atoms. The van der Waals surface area contributed by atoms with Gasteiger partial charge in [-0.1, -0.05) is 0 Å². The lowest BCUT2D eigenvalue weighted by Gasteiger charge is -2.08. The summed E-state index contributed by atoms with van der Waals surface area (Å²) < 4.78 is 6.85. The van der Waals surface area contributed by atoms with Crippen LogP contribution in [0.3, 0.4) is 0 Å². The second kappa shape index (κ2) is 4.25. The standard InChI is InChI=1S/C11H11N3O3/c1-13-10(5-6-12-13)9-4-3-8(14(15)16)7-11(9)17-2/h3-7H,1-2H3. The Balaban J connectivity index is 2.56. The molecule has 0 spiro atoms. The van der Waals surface area contributed by atoms with Crippen LogP contribution in [0.25, 0.3) is 11.3 Å². The van der Waals surface area contributed by atoms with E-state index >= 15 is 0 Å². The van der Waals surface area contributed by atoms with Gasteiger partial charge in [0.15, 0.2) is 0 Å². The van der Waals surface area contributed by atoms with Crippen LogP contribution in [0.15, 0.2) is 30.5 Å². The number of hydrogen-bond donors (Lipinski definition) is 0. The maximum atomic E-state index is 10.7. The number of aryl methyl sites for hydroxylation is 1. The minimum atomic E-state index is -0.449. The van der Waals surface area contributed by atoms with E-state index in [1.165, 1.54) is 19.2 Å². The van der Waals surface area contributed by atoms with E-state index in [1.807, 2.05) is 6.07 Å². The van der Waals surface area contributed by atoms with Crippen molar-refractivity contribution in [1.82, 2.24) is 9.78 Å². The lowest BCUT2D eigenvalue weighted by atomic mass is 10.1. The van der Waals surface area contributed by atoms with Crippen molar-refractivity contribution >= 4 is 5.69 Å². The lowest BCUT2D eigenvalue weighted by Crippen LogP contribution is -1.97. The van der Waals surface area contributed by atoms with Crippen molar-refractivity contribution in [2.24, 2.45) is 7.05 Å². The first-order chi connectivity index (χ1) is 8.13. The molecule has 0 N–H and O–H groups in total. The molecule has 0 aliphatic carbocycles. The molecule has 0 atom stereocenters. The van der Waals surface area contributed by atoms with E-state index in [2.05, 4.69) is 5.10 Å². The van der Waals surface area contributed by atoms with Gasteiger partial charge in [0.05, 0.1) is 23.8 Å². The third kappa shape index (κ3) is 1.96. The van der Waals surface area contributed by atoms with Gasteiger partial charge < -0.3 is 4.74 Å². The second-order valence-corrected chi connectivity index (χ2v) is 3.48. The molecule has 0 saturated heterocycles. The Morgan fingerprint density at radius 3 is 2.71 bits per heavy atom. The van der Waals surface area contributed by atoms with Crippen LogP contribution in [0.4, 0.5) is 5.69 Å². The molecule has 0 amide bonds. The quantitative estimate of drug-likeness (QED) is 0.600. The topological polar surface area (TPSA) is 70.2 Å². The molecule has 1 aromatic carbocycles. The van der Waals surface area contributed by atoms with Gasteiger partial charge in [0.1, 0.15) is 5.75 Å². The first kappa shape index (κ1) is 11.1. The van der Waals surface area contributed by atoms with Crippen LogP contribution in [0.2, 0.25) is 0 Å². The van der Waals surface area contributed by atoms with Crippen molar-refractivity contribution in [3.8, 4) is 17.0 Å². The molecule has 1 heterocycles. The highest BCUT2D eigenvalue weighted by molar-refractivity contribution is 5.69. The summed E-state index contributed by atoms with van der Waals surface area (Å²) in [6.07, 6.45) is 1.66. The second-order valence-electron chi connectivity index (χ2n) is 3.48. The number of rotatable bonds is 3. The molecule has 2 rings (SSSR count). The van der Waals surface area contributed by atoms with Crippen LogP contribution in [-0.2, 0) is 7.05 Å². The molecule has 2 aromatic rings. The maximum absolute atomic E-state index is 10.7. The Morgan fingerprint density at radius 2 is 2.18 bits per heavy atom. The van der Waals surface area contributed by atoms with Crippen molar-refractivity contribution in [1.29, 1.82) is 0 Å². The molecular weight excluding hydrogens is 222 g/mol. The van der Waals surface area contributed by atoms with Gasteiger partial charge in [-0.25, -0.2) is 0 Å². The summed E-state index contributed by atoms with van der Waals surface area (Å²) in [6.45, 7) is 0. The number of hydrogen-bond acceptors (Lipinski definition) is 4. The molecule has 6 nitrogen and oxygen atoms in total. The van der Waals surface area contributed by atoms with Gasteiger partial charge in [0.2, 0.25) is 0 Å². The number of non-ortho nitro benzene ring substituents is 1. The van der Waals surface area contributed by atoms with E-state index in [9.17, 15) is 10.1 Å². The number of nitrogens with zero attached hydrogens (tertiary/aromatic N) is 3. The van der Waals surface area contributed by atoms with Crippen LogP contribution >= 0.6 is 0 Å². The average Bonchev–Trinajstić information content (AvgIpc) is 2.74. The molecule has 0 saturated carbocycles. The molecule has 88 valence electrons. The first-order valence-electron chi connectivity index (χ1n) is 4.94. The Bertz CT molecular complexity index is 563. The smallest absolute Gasteiger partial charge is 0.273 e. The maximum Gasteiger partial charge on any atom is 0.273 e. The Hall–Kier alpha value is -2.37. The van der Waals surface area contributed by atoms with Gasteiger partial charge in [-0.3, -0.25) is 14.8 Å². The SMILES string of the molecule is COc1cc([N+](=O)[O-])ccc1-c1ccnn1C. The highest BCUT2D eigenvalue weighted by Crippen LogP contribution is 2.32. The molecule has 0 aliphatic heterocycles. The summed E-state index contributed by atoms with van der Waals surface area (Å²) in [4.78, 5) is 10.2. The fourth-order valence-corrected chi connectivity index (χ4v) is 1.64. The summed E-state index contributed by atoms with van der Waals surface area (Å²) in [5.74, 6) is 0.461. The van der Waals surface area contributed by atoms with Gasteiger partial charge >= 0.3 is 0 Å². The molecular formula is C11H11N3O3. The van der Waals surface area contributed by atoms with Gasteiger partial charge in [-0.05, 0) is 12.1 Å². The minimum Gasteiger partial charge on any atom is -0.496 e. The van der Waals surface area contributed by atoms with Gasteiger partial charge in [0, 0.05) is 24.9 Å². The largest absolute Gasteiger partial charge is 0.496 e. The third-order valence-electron chi connectivity index (χ3n) is 2.49. The number of ether oxygens (including phenoxy) is 1. The van der Waals surface area contributed by atoms with E-state index in [1.54, 1.807) is 24.0 Å². The van der Waals surface area contributed by atoms with Crippen LogP contribution in [0.5, 0.6) is 5.75 Å². The Morgan fingerprint density at radius 1 is 1.41 bits per heavy atom. The summed E-state index contributed by atoms with van der Waals surface area (Å²) in [5, 5.41) is 14.7. The summed E-state index contributed by atoms with van der Waals surface area (Å²) in [6, 6.07) is 6.34. The Kier molecular flexibility index (Phi) is 2.78. The average molecular weight is 233 g/mol. The lowest BCUT2D eigenvalue weighted by molar-refractivity contribution is -0.384. The summed E-state index contributed by atoms with van der Waals surface area (Å²) >= 11 is 0. The molecule has 0 fully saturated rings. The molecule has 1 aromatic heterocycles. The summed E-state index contributed by atoms with van der Waals surface area (Å²) in [7, 11) is 3.29. The van der Waals surface area contributed by atoms with Crippen LogP contribution < -0.4 is 4.74 Å². The highest BCUT2D eigenvalue weighted by atomic mass is 16.6. The fourth-order valence-electron chi connectivity index (χ4n) is 1.64. The van der Waals surface area contributed by atoms with Crippen molar-refractivity contribution in [3.63, 3.8) is 0 Å². The molecule has 0 aliphatic rings. The Labute approximate surface area is 97.6 Å². The molecule has 0 bridgehead atoms. The predicted molar refractivity (Wildman–Crippen MR) is 61.9 cm³/mol. The fraction of sp³-hybridized carbons (Fsp3) is 0.182. The van der Waals surface area contributed by atoms with E-state index in [0.29, 0.717) is 5.75 Å². The zero-order valence-electron chi connectivity index (χ0n) is 9.45. The number of benzene rings is 1. The normalized spacial score (nSPS) is 10.2. The number of nitro benzene ring substituents is 1. The number of nitro groups is 1.